The lowest BCUT2D eigenvalue weighted by atomic mass is 10.2. The predicted octanol–water partition coefficient (Wildman–Crippen LogP) is 0.00280. The van der Waals surface area contributed by atoms with Gasteiger partial charge in [0, 0.05) is 6.07 Å². The smallest absolute Gasteiger partial charge is 0.431 e. The van der Waals surface area contributed by atoms with Crippen molar-refractivity contribution in [3.05, 3.63) is 54.6 Å². The minimum atomic E-state index is -0.558. The van der Waals surface area contributed by atoms with Crippen LogP contribution in [0.3, 0.4) is 0 Å². The lowest BCUT2D eigenvalue weighted by Crippen LogP contribution is -3.00. The van der Waals surface area contributed by atoms with Gasteiger partial charge in [-0.15, -0.1) is 0 Å². The molecular formula is C16H20IN3O2. The van der Waals surface area contributed by atoms with Crippen LogP contribution in [0.1, 0.15) is 0 Å². The van der Waals surface area contributed by atoms with Gasteiger partial charge in [0.1, 0.15) is 11.4 Å². The molecule has 22 heavy (non-hydrogen) atoms. The number of quaternary nitrogens is 1. The van der Waals surface area contributed by atoms with E-state index >= 15 is 0 Å². The number of anilines is 1. The summed E-state index contributed by atoms with van der Waals surface area (Å²) in [5.41, 5.74) is 7.11. The van der Waals surface area contributed by atoms with Crippen molar-refractivity contribution >= 4 is 17.5 Å². The third-order valence-corrected chi connectivity index (χ3v) is 2.89. The maximum Gasteiger partial charge on any atom is 0.431 e. The molecule has 2 N–H and O–H groups in total. The van der Waals surface area contributed by atoms with Gasteiger partial charge in [0.2, 0.25) is 0 Å². The molecule has 5 nitrogen and oxygen atoms in total. The first-order valence-corrected chi connectivity index (χ1v) is 6.66. The van der Waals surface area contributed by atoms with E-state index in [1.165, 1.54) is 0 Å². The van der Waals surface area contributed by atoms with E-state index < -0.39 is 6.09 Å². The Kier molecular flexibility index (Phi) is 6.63. The van der Waals surface area contributed by atoms with Crippen molar-refractivity contribution < 1.29 is 33.5 Å². The number of carbonyl (C=O) groups is 1. The molecule has 2 aromatic carbocycles. The van der Waals surface area contributed by atoms with Crippen molar-refractivity contribution in [1.29, 1.82) is 0 Å². The number of amides is 1. The number of halogens is 1. The first-order chi connectivity index (χ1) is 9.95. The molecule has 118 valence electrons. The average Bonchev–Trinajstić information content (AvgIpc) is 2.46. The molecular weight excluding hydrogens is 393 g/mol. The SMILES string of the molecule is C[N+](C)(C)c1cccc(OC(=O)NNc2ccccc2)c1.[I-]. The molecule has 0 radical (unpaired) electrons. The quantitative estimate of drug-likeness (QED) is 0.422. The largest absolute Gasteiger partial charge is 1.00 e. The summed E-state index contributed by atoms with van der Waals surface area (Å²) in [5, 5.41) is 0. The molecule has 0 atom stereocenters. The summed E-state index contributed by atoms with van der Waals surface area (Å²) in [6, 6.07) is 16.8. The molecule has 0 heterocycles. The number of rotatable bonds is 4. The van der Waals surface area contributed by atoms with Crippen molar-refractivity contribution in [3.8, 4) is 5.75 Å². The molecule has 0 fully saturated rings. The fraction of sp³-hybridized carbons (Fsp3) is 0.188. The maximum absolute atomic E-state index is 11.7. The van der Waals surface area contributed by atoms with Gasteiger partial charge >= 0.3 is 6.09 Å². The second kappa shape index (κ2) is 8.00. The van der Waals surface area contributed by atoms with E-state index in [1.807, 2.05) is 48.5 Å². The first-order valence-electron chi connectivity index (χ1n) is 6.66. The van der Waals surface area contributed by atoms with Crippen LogP contribution in [0.4, 0.5) is 16.2 Å². The van der Waals surface area contributed by atoms with E-state index in [9.17, 15) is 4.79 Å². The Morgan fingerprint density at radius 1 is 1.00 bits per heavy atom. The Labute approximate surface area is 147 Å². The molecule has 0 aliphatic heterocycles. The summed E-state index contributed by atoms with van der Waals surface area (Å²) in [6.45, 7) is 0. The monoisotopic (exact) mass is 413 g/mol. The Balaban J connectivity index is 0.00000242. The molecule has 0 aliphatic rings. The molecule has 0 saturated heterocycles. The molecule has 2 rings (SSSR count). The highest BCUT2D eigenvalue weighted by atomic mass is 127. The van der Waals surface area contributed by atoms with Gasteiger partial charge in [0.05, 0.1) is 26.8 Å². The normalized spacial score (nSPS) is 10.3. The summed E-state index contributed by atoms with van der Waals surface area (Å²) in [6.07, 6.45) is -0.558. The molecule has 6 heteroatoms. The van der Waals surface area contributed by atoms with E-state index in [0.717, 1.165) is 11.4 Å². The summed E-state index contributed by atoms with van der Waals surface area (Å²) in [5.74, 6) is 0.507. The van der Waals surface area contributed by atoms with Crippen LogP contribution in [0.25, 0.3) is 0 Å². The summed E-state index contributed by atoms with van der Waals surface area (Å²) in [4.78, 5) is 11.7. The molecule has 2 aromatic rings. The van der Waals surface area contributed by atoms with Gasteiger partial charge in [-0.3, -0.25) is 9.91 Å². The molecule has 0 aromatic heterocycles. The van der Waals surface area contributed by atoms with Crippen LogP contribution in [-0.2, 0) is 0 Å². The van der Waals surface area contributed by atoms with Gasteiger partial charge in [0.25, 0.3) is 0 Å². The molecule has 0 spiro atoms. The second-order valence-corrected chi connectivity index (χ2v) is 5.52. The summed E-state index contributed by atoms with van der Waals surface area (Å²) < 4.78 is 5.90. The number of hydrogen-bond acceptors (Lipinski definition) is 3. The number of hydrogen-bond donors (Lipinski definition) is 2. The van der Waals surface area contributed by atoms with Crippen LogP contribution in [0.15, 0.2) is 54.6 Å². The number of nitrogens with one attached hydrogen (secondary N) is 2. The van der Waals surface area contributed by atoms with Crippen LogP contribution in [0.2, 0.25) is 0 Å². The number of ether oxygens (including phenoxy) is 1. The number of para-hydroxylation sites is 1. The minimum Gasteiger partial charge on any atom is -1.00 e. The molecule has 0 aliphatic carbocycles. The summed E-state index contributed by atoms with van der Waals surface area (Å²) >= 11 is 0. The van der Waals surface area contributed by atoms with Crippen molar-refractivity contribution in [2.24, 2.45) is 0 Å². The molecule has 0 unspecified atom stereocenters. The Bertz CT molecular complexity index is 612. The highest BCUT2D eigenvalue weighted by Crippen LogP contribution is 2.22. The van der Waals surface area contributed by atoms with Crippen molar-refractivity contribution in [3.63, 3.8) is 0 Å². The first kappa shape index (κ1) is 18.2. The number of hydrazine groups is 1. The van der Waals surface area contributed by atoms with Gasteiger partial charge < -0.3 is 28.7 Å². The highest BCUT2D eigenvalue weighted by molar-refractivity contribution is 5.72. The van der Waals surface area contributed by atoms with Crippen LogP contribution >= 0.6 is 0 Å². The van der Waals surface area contributed by atoms with Gasteiger partial charge in [-0.2, -0.15) is 0 Å². The van der Waals surface area contributed by atoms with E-state index in [0.29, 0.717) is 10.2 Å². The predicted molar refractivity (Wildman–Crippen MR) is 85.2 cm³/mol. The van der Waals surface area contributed by atoms with Gasteiger partial charge in [-0.25, -0.2) is 10.2 Å². The van der Waals surface area contributed by atoms with Crippen molar-refractivity contribution in [2.75, 3.05) is 26.6 Å². The number of nitrogens with zero attached hydrogens (tertiary/aromatic N) is 1. The number of benzene rings is 2. The van der Waals surface area contributed by atoms with Crippen molar-refractivity contribution in [1.82, 2.24) is 9.91 Å². The zero-order valence-electron chi connectivity index (χ0n) is 12.8. The second-order valence-electron chi connectivity index (χ2n) is 5.52. The maximum atomic E-state index is 11.7. The standard InChI is InChI=1S/C16H19N3O2.HI/c1-19(2,3)14-10-7-11-15(12-14)21-16(20)18-17-13-8-5-4-6-9-13;/h4-12,17H,1-3H3;1H. The van der Waals surface area contributed by atoms with Gasteiger partial charge in [-0.05, 0) is 24.3 Å². The van der Waals surface area contributed by atoms with E-state index in [1.54, 1.807) is 6.07 Å². The molecule has 0 saturated carbocycles. The topological polar surface area (TPSA) is 50.4 Å². The zero-order chi connectivity index (χ0) is 15.3. The fourth-order valence-electron chi connectivity index (χ4n) is 1.74. The average molecular weight is 413 g/mol. The molecule has 0 bridgehead atoms. The van der Waals surface area contributed by atoms with Crippen LogP contribution in [0.5, 0.6) is 5.75 Å². The van der Waals surface area contributed by atoms with E-state index in [2.05, 4.69) is 32.0 Å². The molecule has 1 amide bonds. The zero-order valence-corrected chi connectivity index (χ0v) is 15.0. The van der Waals surface area contributed by atoms with E-state index in [-0.39, 0.29) is 24.0 Å². The van der Waals surface area contributed by atoms with Crippen LogP contribution in [0, 0.1) is 0 Å². The van der Waals surface area contributed by atoms with E-state index in [4.69, 9.17) is 4.74 Å². The van der Waals surface area contributed by atoms with Gasteiger partial charge in [-0.1, -0.05) is 24.3 Å². The summed E-state index contributed by atoms with van der Waals surface area (Å²) in [7, 11) is 6.16. The number of carbonyl (C=O) groups excluding carboxylic acids is 1. The Morgan fingerprint density at radius 3 is 2.32 bits per heavy atom. The Hall–Kier alpha value is -1.80. The minimum absolute atomic E-state index is 0. The fourth-order valence-corrected chi connectivity index (χ4v) is 1.74. The third-order valence-electron chi connectivity index (χ3n) is 2.89. The lowest BCUT2D eigenvalue weighted by molar-refractivity contribution is -0.00000951. The third kappa shape index (κ3) is 5.53. The highest BCUT2D eigenvalue weighted by Gasteiger charge is 2.13. The lowest BCUT2D eigenvalue weighted by Gasteiger charge is -2.23. The van der Waals surface area contributed by atoms with Crippen molar-refractivity contribution in [2.45, 2.75) is 0 Å². The van der Waals surface area contributed by atoms with Gasteiger partial charge in [0.15, 0.2) is 0 Å². The van der Waals surface area contributed by atoms with Crippen LogP contribution < -0.4 is 44.0 Å². The van der Waals surface area contributed by atoms with Crippen LogP contribution in [-0.4, -0.2) is 27.2 Å². The Morgan fingerprint density at radius 2 is 1.68 bits per heavy atom.